The van der Waals surface area contributed by atoms with Crippen molar-refractivity contribution in [3.63, 3.8) is 0 Å². The summed E-state index contributed by atoms with van der Waals surface area (Å²) in [4.78, 5) is 27.3. The maximum Gasteiger partial charge on any atom is 0.417 e. The minimum atomic E-state index is -4.51. The average molecular weight is 507 g/mol. The van der Waals surface area contributed by atoms with Crippen LogP contribution in [0.1, 0.15) is 47.7 Å². The van der Waals surface area contributed by atoms with Crippen LogP contribution in [0.3, 0.4) is 0 Å². The Labute approximate surface area is 207 Å². The molecule has 10 heteroatoms. The van der Waals surface area contributed by atoms with Crippen molar-refractivity contribution in [2.75, 3.05) is 29.6 Å². The fraction of sp³-hybridized carbons (Fsp3) is 0.440. The average Bonchev–Trinajstić information content (AvgIpc) is 3.51. The molecule has 2 heterocycles. The van der Waals surface area contributed by atoms with Crippen molar-refractivity contribution in [2.45, 2.75) is 55.8 Å². The van der Waals surface area contributed by atoms with Gasteiger partial charge in [-0.05, 0) is 74.4 Å². The largest absolute Gasteiger partial charge is 0.417 e. The van der Waals surface area contributed by atoms with Crippen molar-refractivity contribution in [1.29, 1.82) is 0 Å². The molecule has 35 heavy (non-hydrogen) atoms. The Morgan fingerprint density at radius 3 is 2.71 bits per heavy atom. The Morgan fingerprint density at radius 2 is 2.06 bits per heavy atom. The fourth-order valence-electron chi connectivity index (χ4n) is 4.74. The number of rotatable bonds is 6. The molecule has 2 aromatic carbocycles. The van der Waals surface area contributed by atoms with Gasteiger partial charge in [0.2, 0.25) is 0 Å². The number of urea groups is 1. The van der Waals surface area contributed by atoms with Crippen LogP contribution in [0, 0.1) is 0 Å². The Balaban J connectivity index is 1.48. The molecule has 3 N–H and O–H groups in total. The summed E-state index contributed by atoms with van der Waals surface area (Å²) < 4.78 is 40.6. The van der Waals surface area contributed by atoms with Crippen LogP contribution in [-0.4, -0.2) is 43.4 Å². The van der Waals surface area contributed by atoms with Crippen molar-refractivity contribution in [1.82, 2.24) is 10.6 Å². The lowest BCUT2D eigenvalue weighted by Crippen LogP contribution is -2.47. The fourth-order valence-corrected chi connectivity index (χ4v) is 5.39. The molecule has 0 aromatic heterocycles. The third-order valence-corrected chi connectivity index (χ3v) is 7.34. The quantitative estimate of drug-likeness (QED) is 0.466. The Morgan fingerprint density at radius 1 is 1.26 bits per heavy atom. The number of carbonyl (C=O) groups excluding carboxylic acids is 2. The second-order valence-corrected chi connectivity index (χ2v) is 9.63. The number of benzene rings is 2. The third kappa shape index (κ3) is 5.59. The van der Waals surface area contributed by atoms with E-state index in [1.165, 1.54) is 11.0 Å². The number of thioether (sulfide) groups is 1. The van der Waals surface area contributed by atoms with Crippen molar-refractivity contribution in [3.05, 3.63) is 53.1 Å². The van der Waals surface area contributed by atoms with Gasteiger partial charge in [0, 0.05) is 40.5 Å². The van der Waals surface area contributed by atoms with Gasteiger partial charge in [0.05, 0.1) is 5.56 Å². The van der Waals surface area contributed by atoms with Gasteiger partial charge in [0.15, 0.2) is 0 Å². The van der Waals surface area contributed by atoms with Crippen molar-refractivity contribution in [2.24, 2.45) is 0 Å². The molecule has 6 nitrogen and oxygen atoms in total. The first-order valence-corrected chi connectivity index (χ1v) is 12.9. The number of carbonyl (C=O) groups is 2. The Hall–Kier alpha value is -2.72. The summed E-state index contributed by atoms with van der Waals surface area (Å²) >= 11 is 1.04. The number of hydrogen-bond donors (Lipinski definition) is 3. The van der Waals surface area contributed by atoms with E-state index < -0.39 is 17.8 Å². The summed E-state index contributed by atoms with van der Waals surface area (Å²) in [7, 11) is 0. The summed E-state index contributed by atoms with van der Waals surface area (Å²) in [5.41, 5.74) is 1.03. The Kier molecular flexibility index (Phi) is 7.61. The topological polar surface area (TPSA) is 73.5 Å². The summed E-state index contributed by atoms with van der Waals surface area (Å²) in [5.74, 6) is -0.229. The van der Waals surface area contributed by atoms with Gasteiger partial charge in [0.1, 0.15) is 0 Å². The number of hydrogen-bond acceptors (Lipinski definition) is 4. The van der Waals surface area contributed by atoms with Crippen molar-refractivity contribution >= 4 is 35.1 Å². The first-order chi connectivity index (χ1) is 16.7. The molecule has 2 aliphatic rings. The monoisotopic (exact) mass is 506 g/mol. The predicted octanol–water partition coefficient (Wildman–Crippen LogP) is 5.28. The molecular formula is C25H29F3N4O2S. The van der Waals surface area contributed by atoms with Crippen LogP contribution in [0.4, 0.5) is 29.3 Å². The second kappa shape index (κ2) is 10.5. The summed E-state index contributed by atoms with van der Waals surface area (Å²) in [6, 6.07) is 8.87. The normalized spacial score (nSPS) is 18.3. The molecule has 3 amide bonds. The van der Waals surface area contributed by atoms with Gasteiger partial charge < -0.3 is 16.0 Å². The number of nitrogens with one attached hydrogen (secondary N) is 3. The van der Waals surface area contributed by atoms with Crippen LogP contribution in [0.2, 0.25) is 0 Å². The summed E-state index contributed by atoms with van der Waals surface area (Å²) in [6.07, 6.45) is 0.468. The molecule has 0 bridgehead atoms. The lowest BCUT2D eigenvalue weighted by molar-refractivity contribution is -0.139. The number of alkyl halides is 3. The van der Waals surface area contributed by atoms with Crippen LogP contribution in [0.15, 0.2) is 41.3 Å². The van der Waals surface area contributed by atoms with Gasteiger partial charge in [-0.25, -0.2) is 4.79 Å². The van der Waals surface area contributed by atoms with Crippen LogP contribution in [0.25, 0.3) is 0 Å². The van der Waals surface area contributed by atoms with Gasteiger partial charge >= 0.3 is 12.2 Å². The smallest absolute Gasteiger partial charge is 0.348 e. The molecule has 0 aliphatic carbocycles. The summed E-state index contributed by atoms with van der Waals surface area (Å²) in [5, 5.41) is 9.22. The Bertz CT molecular complexity index is 1100. The van der Waals surface area contributed by atoms with Gasteiger partial charge in [-0.15, -0.1) is 11.8 Å². The third-order valence-electron chi connectivity index (χ3n) is 6.56. The number of amides is 3. The SMILES string of the molecule is CCC(NC(=O)c1cccc(NC(=O)N2CCc3cc(SC)c(C(F)(F)F)cc32)c1)C1CCCN1. The number of halogens is 3. The highest BCUT2D eigenvalue weighted by Gasteiger charge is 2.37. The molecule has 1 fully saturated rings. The molecule has 0 spiro atoms. The predicted molar refractivity (Wildman–Crippen MR) is 132 cm³/mol. The molecule has 0 radical (unpaired) electrons. The summed E-state index contributed by atoms with van der Waals surface area (Å²) in [6.45, 7) is 3.26. The number of anilines is 2. The molecular weight excluding hydrogens is 477 g/mol. The van der Waals surface area contributed by atoms with E-state index in [4.69, 9.17) is 0 Å². The van der Waals surface area contributed by atoms with Gasteiger partial charge in [0.25, 0.3) is 5.91 Å². The highest BCUT2D eigenvalue weighted by molar-refractivity contribution is 7.98. The first kappa shape index (κ1) is 25.4. The van der Waals surface area contributed by atoms with Crippen LogP contribution >= 0.6 is 11.8 Å². The zero-order valence-electron chi connectivity index (χ0n) is 19.7. The van der Waals surface area contributed by atoms with E-state index in [-0.39, 0.29) is 35.1 Å². The molecule has 1 saturated heterocycles. The lowest BCUT2D eigenvalue weighted by atomic mass is 10.0. The highest BCUT2D eigenvalue weighted by atomic mass is 32.2. The zero-order valence-corrected chi connectivity index (χ0v) is 20.5. The van der Waals surface area contributed by atoms with Gasteiger partial charge in [-0.1, -0.05) is 13.0 Å². The van der Waals surface area contributed by atoms with E-state index in [0.29, 0.717) is 23.2 Å². The van der Waals surface area contributed by atoms with Crippen LogP contribution in [-0.2, 0) is 12.6 Å². The molecule has 2 aliphatic heterocycles. The van der Waals surface area contributed by atoms with E-state index in [1.807, 2.05) is 6.92 Å². The van der Waals surface area contributed by atoms with Crippen LogP contribution in [0.5, 0.6) is 0 Å². The maximum absolute atomic E-state index is 13.5. The maximum atomic E-state index is 13.5. The zero-order chi connectivity index (χ0) is 25.2. The van der Waals surface area contributed by atoms with E-state index >= 15 is 0 Å². The minimum Gasteiger partial charge on any atom is -0.348 e. The standard InChI is InChI=1S/C25H29F3N4O2S/c1-3-19(20-8-5-10-29-20)31-23(33)16-6-4-7-17(12-16)30-24(34)32-11-9-15-13-22(35-2)18(14-21(15)32)25(26,27)28/h4,6-7,12-14,19-20,29H,3,5,8-11H2,1-2H3,(H,30,34)(H,31,33). The van der Waals surface area contributed by atoms with Crippen LogP contribution < -0.4 is 20.9 Å². The minimum absolute atomic E-state index is 0.0124. The second-order valence-electron chi connectivity index (χ2n) is 8.78. The van der Waals surface area contributed by atoms with E-state index in [0.717, 1.165) is 43.6 Å². The molecule has 2 atom stereocenters. The van der Waals surface area contributed by atoms with E-state index in [2.05, 4.69) is 16.0 Å². The molecule has 0 saturated carbocycles. The van der Waals surface area contributed by atoms with Gasteiger partial charge in [-0.2, -0.15) is 13.2 Å². The van der Waals surface area contributed by atoms with Crippen molar-refractivity contribution in [3.8, 4) is 0 Å². The molecule has 2 unspecified atom stereocenters. The number of nitrogens with zero attached hydrogens (tertiary/aromatic N) is 1. The number of fused-ring (bicyclic) bond motifs is 1. The first-order valence-electron chi connectivity index (χ1n) is 11.7. The molecule has 188 valence electrons. The van der Waals surface area contributed by atoms with Crippen molar-refractivity contribution < 1.29 is 22.8 Å². The van der Waals surface area contributed by atoms with E-state index in [1.54, 1.807) is 30.5 Å². The van der Waals surface area contributed by atoms with E-state index in [9.17, 15) is 22.8 Å². The lowest BCUT2D eigenvalue weighted by Gasteiger charge is -2.24. The molecule has 2 aromatic rings. The van der Waals surface area contributed by atoms with Gasteiger partial charge in [-0.3, -0.25) is 9.69 Å². The molecule has 4 rings (SSSR count). The highest BCUT2D eigenvalue weighted by Crippen LogP contribution is 2.42.